The number of hydrogen-bond acceptors (Lipinski definition) is 2. The smallest absolute Gasteiger partial charge is 0.212 e. The van der Waals surface area contributed by atoms with Gasteiger partial charge in [0.2, 0.25) is 9.05 Å². The quantitative estimate of drug-likeness (QED) is 0.668. The molecule has 1 atom stereocenters. The Hall–Kier alpha value is -0.540. The predicted octanol–water partition coefficient (Wildman–Crippen LogP) is 1.76. The van der Waals surface area contributed by atoms with Crippen molar-refractivity contribution >= 4 is 19.7 Å². The van der Waals surface area contributed by atoms with Crippen LogP contribution in [0.5, 0.6) is 0 Å². The summed E-state index contributed by atoms with van der Waals surface area (Å²) in [4.78, 5) is 0. The maximum atomic E-state index is 10.7. The minimum Gasteiger partial charge on any atom is -0.212 e. The lowest BCUT2D eigenvalue weighted by Crippen LogP contribution is -1.93. The van der Waals surface area contributed by atoms with E-state index in [1.165, 1.54) is 0 Å². The molecule has 1 aromatic carbocycles. The van der Waals surface area contributed by atoms with Crippen LogP contribution in [0.4, 0.5) is 0 Å². The molecule has 0 N–H and O–H groups in total. The van der Waals surface area contributed by atoms with Gasteiger partial charge in [0.25, 0.3) is 0 Å². The Labute approximate surface area is 71.6 Å². The molecule has 0 spiro atoms. The Morgan fingerprint density at radius 2 is 1.91 bits per heavy atom. The molecular weight excluding hydrogens is 184 g/mol. The third-order valence-corrected chi connectivity index (χ3v) is 1.90. The molecule has 0 saturated heterocycles. The van der Waals surface area contributed by atoms with E-state index in [0.717, 1.165) is 0 Å². The summed E-state index contributed by atoms with van der Waals surface area (Å²) in [5.41, 5.74) is -1.01. The zero-order valence-corrected chi connectivity index (χ0v) is 7.14. The van der Waals surface area contributed by atoms with Crippen molar-refractivity contribution in [3.8, 4) is 0 Å². The maximum absolute atomic E-state index is 10.7. The zero-order chi connectivity index (χ0) is 9.19. The van der Waals surface area contributed by atoms with Crippen molar-refractivity contribution in [2.24, 2.45) is 0 Å². The largest absolute Gasteiger partial charge is 0.236 e. The first-order chi connectivity index (χ1) is 5.52. The molecule has 1 aromatic rings. The van der Waals surface area contributed by atoms with E-state index in [1.807, 2.05) is 0 Å². The van der Waals surface area contributed by atoms with Crippen molar-refractivity contribution in [3.63, 3.8) is 0 Å². The summed E-state index contributed by atoms with van der Waals surface area (Å²) in [7, 11) is 1.19. The summed E-state index contributed by atoms with van der Waals surface area (Å²) in [6.45, 7) is 0. The van der Waals surface area contributed by atoms with Crippen LogP contribution >= 0.6 is 10.7 Å². The van der Waals surface area contributed by atoms with Crippen LogP contribution in [0, 0.1) is 0 Å². The Bertz CT molecular complexity index is 349. The fraction of sp³-hybridized carbons (Fsp3) is 0.143. The summed E-state index contributed by atoms with van der Waals surface area (Å²) in [5, 5.41) is 0. The standard InChI is InChI=1S/C7H7ClO2S/c8-11(9,10)6-7-4-2-1-3-5-7/h1-5H,6H2/i6D/t6-/m0/s1. The summed E-state index contributed by atoms with van der Waals surface area (Å²) >= 11 is 0. The van der Waals surface area contributed by atoms with Crippen LogP contribution in [0.2, 0.25) is 0 Å². The molecule has 0 unspecified atom stereocenters. The SMILES string of the molecule is [2H][C@@H](c1ccccc1)S(=O)(=O)Cl. The molecule has 0 heterocycles. The number of rotatable bonds is 2. The van der Waals surface area contributed by atoms with Gasteiger partial charge in [0.15, 0.2) is 0 Å². The number of halogens is 1. The van der Waals surface area contributed by atoms with Gasteiger partial charge in [-0.05, 0) is 5.56 Å². The first-order valence-corrected chi connectivity index (χ1v) is 5.30. The normalized spacial score (nSPS) is 15.5. The van der Waals surface area contributed by atoms with Crippen LogP contribution in [0.25, 0.3) is 0 Å². The highest BCUT2D eigenvalue weighted by Crippen LogP contribution is 2.08. The van der Waals surface area contributed by atoms with Crippen molar-refractivity contribution in [3.05, 3.63) is 35.9 Å². The van der Waals surface area contributed by atoms with Crippen LogP contribution in [0.3, 0.4) is 0 Å². The van der Waals surface area contributed by atoms with E-state index in [-0.39, 0.29) is 0 Å². The average Bonchev–Trinajstić information content (AvgIpc) is 2.03. The van der Waals surface area contributed by atoms with E-state index < -0.39 is 14.8 Å². The van der Waals surface area contributed by atoms with E-state index in [4.69, 9.17) is 12.1 Å². The van der Waals surface area contributed by atoms with E-state index in [1.54, 1.807) is 30.3 Å². The van der Waals surface area contributed by atoms with Gasteiger partial charge in [0, 0.05) is 12.1 Å². The Kier molecular flexibility index (Phi) is 2.10. The van der Waals surface area contributed by atoms with Gasteiger partial charge in [-0.3, -0.25) is 0 Å². The van der Waals surface area contributed by atoms with Crippen molar-refractivity contribution < 1.29 is 9.79 Å². The lowest BCUT2D eigenvalue weighted by Gasteiger charge is -1.94. The molecule has 0 aliphatic rings. The Balaban J connectivity index is 3.02. The van der Waals surface area contributed by atoms with Crippen LogP contribution in [-0.2, 0) is 14.8 Å². The van der Waals surface area contributed by atoms with Gasteiger partial charge >= 0.3 is 0 Å². The maximum Gasteiger partial charge on any atom is 0.236 e. The van der Waals surface area contributed by atoms with Crippen LogP contribution < -0.4 is 0 Å². The highest BCUT2D eigenvalue weighted by molar-refractivity contribution is 8.13. The Morgan fingerprint density at radius 1 is 1.36 bits per heavy atom. The first-order valence-electron chi connectivity index (χ1n) is 3.50. The average molecular weight is 192 g/mol. The van der Waals surface area contributed by atoms with Gasteiger partial charge in [0.1, 0.15) is 0 Å². The molecule has 0 fully saturated rings. The highest BCUT2D eigenvalue weighted by atomic mass is 35.7. The molecule has 0 aliphatic heterocycles. The van der Waals surface area contributed by atoms with Gasteiger partial charge in [-0.1, -0.05) is 30.3 Å². The molecule has 11 heavy (non-hydrogen) atoms. The van der Waals surface area contributed by atoms with Crippen molar-refractivity contribution in [1.82, 2.24) is 0 Å². The van der Waals surface area contributed by atoms with E-state index in [2.05, 4.69) is 0 Å². The molecule has 4 heteroatoms. The third-order valence-electron chi connectivity index (χ3n) is 1.08. The number of benzene rings is 1. The number of hydrogen-bond donors (Lipinski definition) is 0. The van der Waals surface area contributed by atoms with Gasteiger partial charge in [-0.25, -0.2) is 8.42 Å². The molecule has 0 bridgehead atoms. The molecule has 0 aromatic heterocycles. The Morgan fingerprint density at radius 3 is 2.36 bits per heavy atom. The molecule has 0 aliphatic carbocycles. The molecule has 60 valence electrons. The minimum atomic E-state index is -3.82. The second-order valence-corrected chi connectivity index (χ2v) is 4.48. The lowest BCUT2D eigenvalue weighted by molar-refractivity contribution is 0.609. The summed E-state index contributed by atoms with van der Waals surface area (Å²) in [6.07, 6.45) is 0. The third kappa shape index (κ3) is 3.39. The molecule has 2 nitrogen and oxygen atoms in total. The summed E-state index contributed by atoms with van der Waals surface area (Å²) < 4.78 is 28.7. The molecular formula is C7H7ClO2S. The van der Waals surface area contributed by atoms with E-state index >= 15 is 0 Å². The van der Waals surface area contributed by atoms with Crippen LogP contribution in [-0.4, -0.2) is 8.42 Å². The minimum absolute atomic E-state index is 0.382. The monoisotopic (exact) mass is 191 g/mol. The molecule has 0 saturated carbocycles. The van der Waals surface area contributed by atoms with E-state index in [9.17, 15) is 8.42 Å². The molecule has 0 radical (unpaired) electrons. The fourth-order valence-corrected chi connectivity index (χ4v) is 1.48. The second kappa shape index (κ2) is 3.24. The molecule has 1 rings (SSSR count). The first kappa shape index (κ1) is 7.13. The van der Waals surface area contributed by atoms with E-state index in [0.29, 0.717) is 5.56 Å². The lowest BCUT2D eigenvalue weighted by atomic mass is 10.2. The van der Waals surface area contributed by atoms with Gasteiger partial charge in [-0.15, -0.1) is 0 Å². The highest BCUT2D eigenvalue weighted by Gasteiger charge is 2.04. The topological polar surface area (TPSA) is 34.1 Å². The van der Waals surface area contributed by atoms with Crippen molar-refractivity contribution in [2.75, 3.05) is 0 Å². The predicted molar refractivity (Wildman–Crippen MR) is 44.9 cm³/mol. The molecule has 0 amide bonds. The summed E-state index contributed by atoms with van der Waals surface area (Å²) in [6, 6.07) is 8.18. The summed E-state index contributed by atoms with van der Waals surface area (Å²) in [5.74, 6) is 0. The zero-order valence-electron chi connectivity index (χ0n) is 6.57. The van der Waals surface area contributed by atoms with Gasteiger partial charge < -0.3 is 0 Å². The van der Waals surface area contributed by atoms with Crippen LogP contribution in [0.15, 0.2) is 30.3 Å². The van der Waals surface area contributed by atoms with Crippen LogP contribution in [0.1, 0.15) is 6.93 Å². The second-order valence-electron chi connectivity index (χ2n) is 2.00. The van der Waals surface area contributed by atoms with Crippen molar-refractivity contribution in [2.45, 2.75) is 5.73 Å². The van der Waals surface area contributed by atoms with Gasteiger partial charge in [-0.2, -0.15) is 0 Å². The van der Waals surface area contributed by atoms with Crippen molar-refractivity contribution in [1.29, 1.82) is 0 Å². The fourth-order valence-electron chi connectivity index (χ4n) is 0.694. The van der Waals surface area contributed by atoms with Gasteiger partial charge in [0.05, 0.1) is 5.73 Å².